The van der Waals surface area contributed by atoms with E-state index in [-0.39, 0.29) is 46.7 Å². The third-order valence-corrected chi connectivity index (χ3v) is 10.2. The summed E-state index contributed by atoms with van der Waals surface area (Å²) < 4.78 is 0. The van der Waals surface area contributed by atoms with Gasteiger partial charge in [0.2, 0.25) is 0 Å². The monoisotopic (exact) mass is 642 g/mol. The Balaban J connectivity index is 0.000000256. The minimum Gasteiger partial charge on any atom is -0.507 e. The van der Waals surface area contributed by atoms with Crippen molar-refractivity contribution >= 4 is 0 Å². The van der Waals surface area contributed by atoms with Gasteiger partial charge in [0, 0.05) is 23.0 Å². The van der Waals surface area contributed by atoms with E-state index in [4.69, 9.17) is 0 Å². The van der Waals surface area contributed by atoms with Crippen LogP contribution in [0.5, 0.6) is 23.0 Å². The topological polar surface area (TPSA) is 80.9 Å². The van der Waals surface area contributed by atoms with Crippen molar-refractivity contribution < 1.29 is 20.4 Å². The first kappa shape index (κ1) is 38.1. The van der Waals surface area contributed by atoms with Gasteiger partial charge in [-0.15, -0.1) is 0 Å². The first-order valence-electron chi connectivity index (χ1n) is 18.1. The molecule has 2 aliphatic rings. The van der Waals surface area contributed by atoms with Gasteiger partial charge < -0.3 is 20.4 Å². The lowest BCUT2D eigenvalue weighted by Gasteiger charge is -2.31. The van der Waals surface area contributed by atoms with Gasteiger partial charge in [-0.2, -0.15) is 0 Å². The highest BCUT2D eigenvalue weighted by atomic mass is 16.3. The van der Waals surface area contributed by atoms with Crippen molar-refractivity contribution in [1.82, 2.24) is 0 Å². The zero-order chi connectivity index (χ0) is 34.7. The molecule has 4 N–H and O–H groups in total. The number of rotatable bonds is 13. The van der Waals surface area contributed by atoms with Gasteiger partial charge in [0.25, 0.3) is 0 Å². The molecule has 0 aromatic heterocycles. The second-order valence-corrected chi connectivity index (χ2v) is 14.4. The normalized spacial score (nSPS) is 20.9. The molecular weight excluding hydrogens is 580 g/mol. The molecular formula is C43H62O4. The molecule has 0 heterocycles. The van der Waals surface area contributed by atoms with Crippen molar-refractivity contribution in [2.45, 2.75) is 137 Å². The molecule has 0 saturated carbocycles. The fraction of sp³-hybridized carbons (Fsp3) is 0.535. The van der Waals surface area contributed by atoms with Crippen LogP contribution in [0.25, 0.3) is 0 Å². The maximum absolute atomic E-state index is 10.6. The van der Waals surface area contributed by atoms with Crippen molar-refractivity contribution in [3.05, 3.63) is 94.1 Å². The summed E-state index contributed by atoms with van der Waals surface area (Å²) in [4.78, 5) is 0. The van der Waals surface area contributed by atoms with Crippen molar-refractivity contribution in [1.29, 1.82) is 0 Å². The number of aryl methyl sites for hydroxylation is 2. The Labute approximate surface area is 285 Å². The van der Waals surface area contributed by atoms with Crippen LogP contribution in [0.3, 0.4) is 0 Å². The SMILES string of the molecule is C=C(C)[C@@H]1CCC(C)=C[C@H]1c1c(O)cc(CCCCC)cc1O.C=C(C)[C@@H]1CCC(C)=C[C@H]1c1c(O)cc(CCCCCC)cc1O. The Hall–Kier alpha value is -3.40. The van der Waals surface area contributed by atoms with Crippen LogP contribution in [-0.2, 0) is 12.8 Å². The summed E-state index contributed by atoms with van der Waals surface area (Å²) in [6, 6.07) is 7.35. The smallest absolute Gasteiger partial charge is 0.123 e. The van der Waals surface area contributed by atoms with Crippen molar-refractivity contribution in [3.63, 3.8) is 0 Å². The molecule has 47 heavy (non-hydrogen) atoms. The van der Waals surface area contributed by atoms with E-state index in [1.165, 1.54) is 43.3 Å². The highest BCUT2D eigenvalue weighted by Crippen LogP contribution is 2.48. The van der Waals surface area contributed by atoms with Crippen LogP contribution in [0.4, 0.5) is 0 Å². The minimum absolute atomic E-state index is 0.0189. The fourth-order valence-corrected chi connectivity index (χ4v) is 7.48. The first-order chi connectivity index (χ1) is 22.4. The van der Waals surface area contributed by atoms with Crippen LogP contribution in [0, 0.1) is 11.8 Å². The van der Waals surface area contributed by atoms with Gasteiger partial charge in [-0.1, -0.05) is 93.6 Å². The quantitative estimate of drug-likeness (QED) is 0.129. The number of phenolic OH excluding ortho intramolecular Hbond substituents is 4. The van der Waals surface area contributed by atoms with Gasteiger partial charge >= 0.3 is 0 Å². The zero-order valence-corrected chi connectivity index (χ0v) is 30.2. The molecule has 0 amide bonds. The third kappa shape index (κ3) is 10.5. The predicted molar refractivity (Wildman–Crippen MR) is 199 cm³/mol. The number of hydrogen-bond acceptors (Lipinski definition) is 4. The molecule has 0 fully saturated rings. The molecule has 0 saturated heterocycles. The van der Waals surface area contributed by atoms with Gasteiger partial charge in [-0.25, -0.2) is 0 Å². The number of phenols is 4. The standard InChI is InChI=1S/C22H32O2.C21H30O2/c1-5-6-7-8-9-17-13-20(23)22(21(24)14-17)19-12-16(4)10-11-18(19)15(2)3;1-5-6-7-8-16-12-19(22)21(20(23)13-16)18-11-15(4)9-10-17(18)14(2)3/h12-14,18-19,23-24H,2,5-11H2,1,3-4H3;11-13,17-18,22-23H,2,5-10H2,1,3-4H3/t18-,19+;17-,18+/m00/s1. The molecule has 2 aliphatic carbocycles. The number of aromatic hydroxyl groups is 4. The molecule has 258 valence electrons. The van der Waals surface area contributed by atoms with Crippen LogP contribution >= 0.6 is 0 Å². The third-order valence-electron chi connectivity index (χ3n) is 10.2. The van der Waals surface area contributed by atoms with E-state index in [1.54, 1.807) is 0 Å². The van der Waals surface area contributed by atoms with Gasteiger partial charge in [-0.3, -0.25) is 0 Å². The van der Waals surface area contributed by atoms with Crippen molar-refractivity contribution in [2.75, 3.05) is 0 Å². The number of benzene rings is 2. The average Bonchev–Trinajstić information content (AvgIpc) is 2.99. The molecule has 4 nitrogen and oxygen atoms in total. The molecule has 0 unspecified atom stereocenters. The maximum Gasteiger partial charge on any atom is 0.123 e. The maximum atomic E-state index is 10.6. The van der Waals surface area contributed by atoms with E-state index >= 15 is 0 Å². The first-order valence-corrected chi connectivity index (χ1v) is 18.1. The highest BCUT2D eigenvalue weighted by molar-refractivity contribution is 5.53. The number of hydrogen-bond donors (Lipinski definition) is 4. The van der Waals surface area contributed by atoms with Gasteiger partial charge in [0.15, 0.2) is 0 Å². The van der Waals surface area contributed by atoms with Crippen LogP contribution in [0.1, 0.15) is 146 Å². The van der Waals surface area contributed by atoms with Gasteiger partial charge in [-0.05, 0) is 126 Å². The molecule has 0 bridgehead atoms. The molecule has 0 spiro atoms. The molecule has 4 heteroatoms. The minimum atomic E-state index is 0.0189. The number of allylic oxidation sites excluding steroid dienone is 6. The Morgan fingerprint density at radius 2 is 0.936 bits per heavy atom. The van der Waals surface area contributed by atoms with Crippen molar-refractivity contribution in [2.24, 2.45) is 11.8 Å². The highest BCUT2D eigenvalue weighted by Gasteiger charge is 2.31. The molecule has 4 rings (SSSR count). The second-order valence-electron chi connectivity index (χ2n) is 14.4. The number of unbranched alkanes of at least 4 members (excludes halogenated alkanes) is 5. The Kier molecular flexibility index (Phi) is 14.8. The summed E-state index contributed by atoms with van der Waals surface area (Å²) in [5, 5.41) is 42.3. The molecule has 2 aromatic carbocycles. The van der Waals surface area contributed by atoms with E-state index in [0.29, 0.717) is 11.1 Å². The van der Waals surface area contributed by atoms with Crippen LogP contribution in [0.2, 0.25) is 0 Å². The van der Waals surface area contributed by atoms with Gasteiger partial charge in [0.1, 0.15) is 23.0 Å². The lowest BCUT2D eigenvalue weighted by Crippen LogP contribution is -2.17. The zero-order valence-electron chi connectivity index (χ0n) is 30.2. The second kappa shape index (κ2) is 18.2. The lowest BCUT2D eigenvalue weighted by molar-refractivity contribution is 0.405. The lowest BCUT2D eigenvalue weighted by atomic mass is 9.73. The molecule has 2 aromatic rings. The van der Waals surface area contributed by atoms with E-state index in [2.05, 4.69) is 53.0 Å². The molecule has 0 aliphatic heterocycles. The van der Waals surface area contributed by atoms with Crippen LogP contribution in [-0.4, -0.2) is 20.4 Å². The molecule has 0 radical (unpaired) electrons. The van der Waals surface area contributed by atoms with E-state index in [0.717, 1.165) is 73.6 Å². The summed E-state index contributed by atoms with van der Waals surface area (Å²) in [7, 11) is 0. The summed E-state index contributed by atoms with van der Waals surface area (Å²) in [5.74, 6) is 1.49. The van der Waals surface area contributed by atoms with Gasteiger partial charge in [0.05, 0.1) is 0 Å². The Morgan fingerprint density at radius 1 is 0.596 bits per heavy atom. The Morgan fingerprint density at radius 3 is 1.28 bits per heavy atom. The predicted octanol–water partition coefficient (Wildman–Crippen LogP) is 12.1. The van der Waals surface area contributed by atoms with E-state index < -0.39 is 0 Å². The van der Waals surface area contributed by atoms with Crippen LogP contribution < -0.4 is 0 Å². The largest absolute Gasteiger partial charge is 0.507 e. The summed E-state index contributed by atoms with van der Waals surface area (Å²) in [5.41, 5.74) is 8.23. The van der Waals surface area contributed by atoms with Crippen LogP contribution in [0.15, 0.2) is 71.9 Å². The Bertz CT molecular complexity index is 1380. The van der Waals surface area contributed by atoms with E-state index in [9.17, 15) is 20.4 Å². The summed E-state index contributed by atoms with van der Waals surface area (Å²) >= 11 is 0. The van der Waals surface area contributed by atoms with E-state index in [1.807, 2.05) is 38.1 Å². The molecule has 4 atom stereocenters. The fourth-order valence-electron chi connectivity index (χ4n) is 7.48. The van der Waals surface area contributed by atoms with Crippen molar-refractivity contribution in [3.8, 4) is 23.0 Å². The summed E-state index contributed by atoms with van der Waals surface area (Å²) in [6.07, 6.45) is 18.5. The summed E-state index contributed by atoms with van der Waals surface area (Å²) in [6.45, 7) is 20.9. The average molecular weight is 643 g/mol.